The molecule has 1 aromatic carbocycles. The summed E-state index contributed by atoms with van der Waals surface area (Å²) in [4.78, 5) is 23.2. The number of thiophene rings is 1. The Morgan fingerprint density at radius 3 is 2.37 bits per heavy atom. The quantitative estimate of drug-likeness (QED) is 0.564. The minimum Gasteiger partial charge on any atom is -0.545 e. The van der Waals surface area contributed by atoms with Crippen molar-refractivity contribution >= 4 is 23.1 Å². The second-order valence-electron chi connectivity index (χ2n) is 3.74. The first kappa shape index (κ1) is 16.6. The Kier molecular flexibility index (Phi) is 5.91. The zero-order chi connectivity index (χ0) is 13.3. The molecule has 6 heteroatoms. The molecule has 0 radical (unpaired) electrons. The number of benzene rings is 1. The zero-order valence-electron chi connectivity index (χ0n) is 10.5. The average molecular weight is 300 g/mol. The van der Waals surface area contributed by atoms with Gasteiger partial charge in [-0.05, 0) is 36.8 Å². The van der Waals surface area contributed by atoms with E-state index in [1.165, 1.54) is 30.4 Å². The molecule has 1 heterocycles. The van der Waals surface area contributed by atoms with Gasteiger partial charge in [0.1, 0.15) is 5.75 Å². The van der Waals surface area contributed by atoms with Crippen LogP contribution in [0.25, 0.3) is 10.4 Å². The molecule has 0 aliphatic heterocycles. The molecular formula is C13H9KO4S. The first-order valence-corrected chi connectivity index (χ1v) is 5.96. The van der Waals surface area contributed by atoms with Crippen LogP contribution in [0.15, 0.2) is 30.3 Å². The molecule has 0 spiro atoms. The van der Waals surface area contributed by atoms with Crippen LogP contribution < -0.4 is 56.5 Å². The molecule has 1 aromatic heterocycles. The summed E-state index contributed by atoms with van der Waals surface area (Å²) < 4.78 is 0. The van der Waals surface area contributed by atoms with Crippen LogP contribution in [-0.4, -0.2) is 16.9 Å². The first-order valence-electron chi connectivity index (χ1n) is 5.14. The molecule has 0 amide bonds. The van der Waals surface area contributed by atoms with E-state index in [1.807, 2.05) is 0 Å². The number of carboxylic acid groups (broad SMARTS) is 1. The van der Waals surface area contributed by atoms with Gasteiger partial charge in [0.2, 0.25) is 0 Å². The van der Waals surface area contributed by atoms with Gasteiger partial charge in [0.05, 0.1) is 10.8 Å². The number of hydrogen-bond donors (Lipinski definition) is 1. The van der Waals surface area contributed by atoms with Crippen molar-refractivity contribution in [1.29, 1.82) is 0 Å². The summed E-state index contributed by atoms with van der Waals surface area (Å²) in [6.45, 7) is 1.48. The number of ketones is 1. The number of carboxylic acids is 1. The van der Waals surface area contributed by atoms with E-state index in [9.17, 15) is 19.8 Å². The fraction of sp³-hybridized carbons (Fsp3) is 0.0769. The maximum Gasteiger partial charge on any atom is 1.00 e. The largest absolute Gasteiger partial charge is 1.00 e. The molecule has 0 bridgehead atoms. The van der Waals surface area contributed by atoms with Crippen molar-refractivity contribution in [2.75, 3.05) is 0 Å². The van der Waals surface area contributed by atoms with E-state index in [1.54, 1.807) is 18.2 Å². The van der Waals surface area contributed by atoms with Crippen molar-refractivity contribution in [3.63, 3.8) is 0 Å². The molecule has 0 aliphatic carbocycles. The van der Waals surface area contributed by atoms with Crippen LogP contribution in [0.5, 0.6) is 5.75 Å². The van der Waals surface area contributed by atoms with Gasteiger partial charge in [-0.1, -0.05) is 6.07 Å². The Balaban J connectivity index is 0.00000180. The topological polar surface area (TPSA) is 77.4 Å². The maximum atomic E-state index is 11.2. The van der Waals surface area contributed by atoms with E-state index in [0.717, 1.165) is 4.88 Å². The number of carbonyl (C=O) groups excluding carboxylic acids is 2. The number of hydrogen-bond acceptors (Lipinski definition) is 5. The second-order valence-corrected chi connectivity index (χ2v) is 4.82. The Bertz CT molecular complexity index is 633. The van der Waals surface area contributed by atoms with Crippen LogP contribution in [0.1, 0.15) is 27.0 Å². The van der Waals surface area contributed by atoms with Gasteiger partial charge < -0.3 is 15.0 Å². The van der Waals surface area contributed by atoms with E-state index in [-0.39, 0.29) is 68.5 Å². The summed E-state index contributed by atoms with van der Waals surface area (Å²) in [6, 6.07) is 7.66. The molecule has 0 atom stereocenters. The Labute approximate surface area is 156 Å². The summed E-state index contributed by atoms with van der Waals surface area (Å²) in [5.74, 6) is -1.79. The van der Waals surface area contributed by atoms with Crippen LogP contribution in [0.2, 0.25) is 0 Å². The fourth-order valence-electron chi connectivity index (χ4n) is 1.54. The van der Waals surface area contributed by atoms with Crippen molar-refractivity contribution in [3.8, 4) is 16.2 Å². The molecule has 0 saturated carbocycles. The molecule has 2 aromatic rings. The molecule has 0 saturated heterocycles. The van der Waals surface area contributed by atoms with Crippen LogP contribution in [0.4, 0.5) is 0 Å². The van der Waals surface area contributed by atoms with Gasteiger partial charge in [-0.15, -0.1) is 11.3 Å². The summed E-state index contributed by atoms with van der Waals surface area (Å²) in [7, 11) is 0. The first-order chi connectivity index (χ1) is 8.49. The zero-order valence-corrected chi connectivity index (χ0v) is 14.4. The van der Waals surface area contributed by atoms with Gasteiger partial charge in [0.25, 0.3) is 0 Å². The van der Waals surface area contributed by atoms with E-state index in [4.69, 9.17) is 0 Å². The van der Waals surface area contributed by atoms with Crippen molar-refractivity contribution in [1.82, 2.24) is 0 Å². The van der Waals surface area contributed by atoms with Gasteiger partial charge in [-0.3, -0.25) is 4.79 Å². The minimum absolute atomic E-state index is 0. The third-order valence-corrected chi connectivity index (χ3v) is 3.69. The monoisotopic (exact) mass is 300 g/mol. The predicted molar refractivity (Wildman–Crippen MR) is 65.8 cm³/mol. The molecule has 1 N–H and O–H groups in total. The van der Waals surface area contributed by atoms with Crippen molar-refractivity contribution in [2.45, 2.75) is 6.92 Å². The van der Waals surface area contributed by atoms with Gasteiger partial charge in [-0.25, -0.2) is 0 Å². The number of carbonyl (C=O) groups is 2. The third kappa shape index (κ3) is 3.74. The number of aromatic carboxylic acids is 1. The van der Waals surface area contributed by atoms with Gasteiger partial charge in [0.15, 0.2) is 5.78 Å². The fourth-order valence-corrected chi connectivity index (χ4v) is 2.44. The maximum absolute atomic E-state index is 11.2. The Hall–Kier alpha value is -0.504. The number of rotatable bonds is 3. The normalized spacial score (nSPS) is 9.74. The van der Waals surface area contributed by atoms with Crippen LogP contribution in [0, 0.1) is 0 Å². The summed E-state index contributed by atoms with van der Waals surface area (Å²) in [5.41, 5.74) is 0.414. The van der Waals surface area contributed by atoms with Crippen LogP contribution >= 0.6 is 11.3 Å². The third-order valence-electron chi connectivity index (χ3n) is 2.46. The standard InChI is InChI=1S/C13H10O4S.K/c1-7(14)11-4-5-12(18-11)8-2-3-9(13(16)17)10(15)6-8;/h2-6,15H,1H3,(H,16,17);/q;+1/p-1. The second kappa shape index (κ2) is 6.78. The molecule has 92 valence electrons. The van der Waals surface area contributed by atoms with Gasteiger partial charge >= 0.3 is 51.4 Å². The van der Waals surface area contributed by atoms with Gasteiger partial charge in [0, 0.05) is 10.4 Å². The van der Waals surface area contributed by atoms with E-state index >= 15 is 0 Å². The Morgan fingerprint density at radius 1 is 1.21 bits per heavy atom. The van der Waals surface area contributed by atoms with E-state index in [2.05, 4.69) is 0 Å². The Morgan fingerprint density at radius 2 is 1.89 bits per heavy atom. The molecule has 4 nitrogen and oxygen atoms in total. The predicted octanol–water partition coefficient (Wildman–Crippen LogP) is -1.31. The van der Waals surface area contributed by atoms with E-state index < -0.39 is 5.97 Å². The average Bonchev–Trinajstić information content (AvgIpc) is 2.77. The molecule has 19 heavy (non-hydrogen) atoms. The molecule has 2 rings (SSSR count). The van der Waals surface area contributed by atoms with E-state index in [0.29, 0.717) is 10.4 Å². The number of aromatic hydroxyl groups is 1. The van der Waals surface area contributed by atoms with Crippen molar-refractivity contribution in [2.24, 2.45) is 0 Å². The number of phenols is 1. The molecule has 0 aliphatic rings. The number of Topliss-reactive ketones (excluding diaryl/α,β-unsaturated/α-hetero) is 1. The molecule has 0 fully saturated rings. The van der Waals surface area contributed by atoms with Crippen LogP contribution in [0.3, 0.4) is 0 Å². The summed E-state index contributed by atoms with van der Waals surface area (Å²) in [6.07, 6.45) is 0. The van der Waals surface area contributed by atoms with Crippen LogP contribution in [-0.2, 0) is 0 Å². The van der Waals surface area contributed by atoms with Crippen molar-refractivity contribution < 1.29 is 71.2 Å². The molecular weight excluding hydrogens is 291 g/mol. The van der Waals surface area contributed by atoms with Crippen molar-refractivity contribution in [3.05, 3.63) is 40.8 Å². The summed E-state index contributed by atoms with van der Waals surface area (Å²) >= 11 is 1.29. The SMILES string of the molecule is CC(=O)c1ccc(-c2ccc(C(=O)[O-])c(O)c2)s1.[K+]. The van der Waals surface area contributed by atoms with Gasteiger partial charge in [-0.2, -0.15) is 0 Å². The smallest absolute Gasteiger partial charge is 0.545 e. The summed E-state index contributed by atoms with van der Waals surface area (Å²) in [5, 5.41) is 20.2. The minimum atomic E-state index is -1.42. The molecule has 0 unspecified atom stereocenters.